The van der Waals surface area contributed by atoms with E-state index in [4.69, 9.17) is 9.05 Å². The molecule has 39 heavy (non-hydrogen) atoms. The van der Waals surface area contributed by atoms with Crippen LogP contribution in [0.1, 0.15) is 69.9 Å². The molecular weight excluding hydrogens is 540 g/mol. The predicted octanol–water partition coefficient (Wildman–Crippen LogP) is 7.91. The van der Waals surface area contributed by atoms with Crippen LogP contribution in [0, 0.1) is 11.6 Å². The Labute approximate surface area is 226 Å². The van der Waals surface area contributed by atoms with Crippen LogP contribution in [0.25, 0.3) is 11.1 Å². The van der Waals surface area contributed by atoms with Gasteiger partial charge in [0.2, 0.25) is 5.91 Å². The molecule has 0 heterocycles. The van der Waals surface area contributed by atoms with E-state index in [0.717, 1.165) is 25.0 Å². The summed E-state index contributed by atoms with van der Waals surface area (Å²) in [6.45, 7) is 2.89. The van der Waals surface area contributed by atoms with Gasteiger partial charge in [-0.15, -0.1) is 0 Å². The first-order valence-corrected chi connectivity index (χ1v) is 15.0. The number of nitrogens with one attached hydrogen (secondary N) is 1. The molecule has 0 fully saturated rings. The molecule has 1 N–H and O–H groups in total. The molecule has 0 unspecified atom stereocenters. The summed E-state index contributed by atoms with van der Waals surface area (Å²) in [6.07, 6.45) is -1.12. The van der Waals surface area contributed by atoms with Gasteiger partial charge < -0.3 is 14.4 Å². The second kappa shape index (κ2) is 13.4. The number of unbranched alkanes of at least 4 members (excludes halogenated alkanes) is 3. The molecule has 11 heteroatoms. The van der Waals surface area contributed by atoms with Gasteiger partial charge in [0, 0.05) is 0 Å². The number of alkyl halides is 3. The van der Waals surface area contributed by atoms with Crippen molar-refractivity contribution in [2.24, 2.45) is 0 Å². The Morgan fingerprint density at radius 3 is 1.85 bits per heavy atom. The first-order chi connectivity index (χ1) is 18.5. The summed E-state index contributed by atoms with van der Waals surface area (Å²) >= 11 is 0. The maximum Gasteiger partial charge on any atom is 0.405 e. The maximum absolute atomic E-state index is 14.4. The van der Waals surface area contributed by atoms with E-state index >= 15 is 0 Å². The number of fused-ring (bicyclic) bond motifs is 3. The summed E-state index contributed by atoms with van der Waals surface area (Å²) in [4.78, 5) is 13.5. The lowest BCUT2D eigenvalue weighted by Gasteiger charge is -2.31. The molecule has 0 aromatic heterocycles. The fraction of sp³-hybridized carbons (Fsp3) is 0.536. The van der Waals surface area contributed by atoms with Crippen molar-refractivity contribution in [2.75, 3.05) is 25.9 Å². The van der Waals surface area contributed by atoms with Crippen LogP contribution < -0.4 is 5.32 Å². The van der Waals surface area contributed by atoms with Crippen molar-refractivity contribution < 1.29 is 40.4 Å². The molecule has 0 aliphatic heterocycles. The van der Waals surface area contributed by atoms with Gasteiger partial charge in [0.15, 0.2) is 0 Å². The number of hydrogen-bond donors (Lipinski definition) is 1. The maximum atomic E-state index is 14.4. The van der Waals surface area contributed by atoms with Gasteiger partial charge >= 0.3 is 13.8 Å². The zero-order chi connectivity index (χ0) is 28.7. The van der Waals surface area contributed by atoms with Gasteiger partial charge in [0.25, 0.3) is 0 Å². The Kier molecular flexibility index (Phi) is 10.7. The van der Waals surface area contributed by atoms with Crippen molar-refractivity contribution in [2.45, 2.75) is 70.4 Å². The Balaban J connectivity index is 1.91. The number of hydrogen-bond acceptors (Lipinski definition) is 4. The highest BCUT2D eigenvalue weighted by atomic mass is 31.2. The zero-order valence-electron chi connectivity index (χ0n) is 22.2. The SMILES string of the molecule is CCCCOP(=O)(CCCCC1(C(=O)NCC(F)(F)F)c2cc(F)ccc2-c2ccc(F)cc21)OCCCC. The van der Waals surface area contributed by atoms with Gasteiger partial charge in [-0.3, -0.25) is 9.36 Å². The normalized spacial score (nSPS) is 14.2. The van der Waals surface area contributed by atoms with Crippen LogP contribution in [0.15, 0.2) is 36.4 Å². The number of carbonyl (C=O) groups is 1. The summed E-state index contributed by atoms with van der Waals surface area (Å²) in [5, 5.41) is 1.94. The van der Waals surface area contributed by atoms with Crippen LogP contribution in [0.5, 0.6) is 0 Å². The van der Waals surface area contributed by atoms with Crippen LogP contribution in [0.4, 0.5) is 22.0 Å². The first kappa shape index (κ1) is 31.2. The van der Waals surface area contributed by atoms with Gasteiger partial charge in [-0.25, -0.2) is 8.78 Å². The van der Waals surface area contributed by atoms with Crippen molar-refractivity contribution >= 4 is 13.5 Å². The fourth-order valence-electron chi connectivity index (χ4n) is 4.87. The van der Waals surface area contributed by atoms with Crippen molar-refractivity contribution in [3.63, 3.8) is 0 Å². The van der Waals surface area contributed by atoms with Crippen LogP contribution >= 0.6 is 7.60 Å². The molecule has 2 aromatic carbocycles. The lowest BCUT2D eigenvalue weighted by molar-refractivity contribution is -0.141. The van der Waals surface area contributed by atoms with Gasteiger partial charge in [-0.05, 0) is 72.2 Å². The third-order valence-electron chi connectivity index (χ3n) is 6.82. The molecule has 0 saturated carbocycles. The molecule has 1 amide bonds. The Morgan fingerprint density at radius 2 is 1.38 bits per heavy atom. The molecule has 1 aliphatic rings. The highest BCUT2D eigenvalue weighted by molar-refractivity contribution is 7.53. The summed E-state index contributed by atoms with van der Waals surface area (Å²) in [7, 11) is -3.44. The van der Waals surface area contributed by atoms with E-state index in [2.05, 4.69) is 0 Å². The molecule has 0 atom stereocenters. The predicted molar refractivity (Wildman–Crippen MR) is 140 cm³/mol. The van der Waals surface area contributed by atoms with E-state index in [1.807, 2.05) is 19.2 Å². The highest BCUT2D eigenvalue weighted by Gasteiger charge is 2.50. The number of halogens is 5. The van der Waals surface area contributed by atoms with Gasteiger partial charge in [-0.1, -0.05) is 45.2 Å². The summed E-state index contributed by atoms with van der Waals surface area (Å²) in [5.41, 5.74) is -0.528. The molecule has 216 valence electrons. The largest absolute Gasteiger partial charge is 0.405 e. The molecule has 3 rings (SSSR count). The van der Waals surface area contributed by atoms with Crippen molar-refractivity contribution in [1.29, 1.82) is 0 Å². The van der Waals surface area contributed by atoms with Crippen molar-refractivity contribution in [3.8, 4) is 11.1 Å². The van der Waals surface area contributed by atoms with Crippen LogP contribution in [0.2, 0.25) is 0 Å². The van der Waals surface area contributed by atoms with E-state index in [1.165, 1.54) is 24.3 Å². The van der Waals surface area contributed by atoms with E-state index in [9.17, 15) is 31.3 Å². The average molecular weight is 576 g/mol. The molecule has 1 aliphatic carbocycles. The van der Waals surface area contributed by atoms with Crippen molar-refractivity contribution in [3.05, 3.63) is 59.2 Å². The Morgan fingerprint density at radius 1 is 0.872 bits per heavy atom. The number of benzene rings is 2. The Bertz CT molecular complexity index is 1120. The number of amides is 1. The van der Waals surface area contributed by atoms with E-state index in [0.29, 0.717) is 24.0 Å². The Hall–Kier alpha value is -2.29. The minimum Gasteiger partial charge on any atom is -0.346 e. The smallest absolute Gasteiger partial charge is 0.346 e. The minimum atomic E-state index is -4.68. The zero-order valence-corrected chi connectivity index (χ0v) is 23.1. The lowest BCUT2D eigenvalue weighted by Crippen LogP contribution is -2.47. The highest BCUT2D eigenvalue weighted by Crippen LogP contribution is 2.53. The second-order valence-electron chi connectivity index (χ2n) is 9.75. The van der Waals surface area contributed by atoms with E-state index in [-0.39, 0.29) is 49.8 Å². The topological polar surface area (TPSA) is 64.6 Å². The van der Waals surface area contributed by atoms with Gasteiger partial charge in [-0.2, -0.15) is 13.2 Å². The van der Waals surface area contributed by atoms with Crippen LogP contribution in [0.3, 0.4) is 0 Å². The monoisotopic (exact) mass is 575 g/mol. The molecule has 0 spiro atoms. The van der Waals surface area contributed by atoms with Crippen molar-refractivity contribution in [1.82, 2.24) is 5.32 Å². The van der Waals surface area contributed by atoms with Gasteiger partial charge in [0.05, 0.1) is 19.4 Å². The third-order valence-corrected chi connectivity index (χ3v) is 8.83. The minimum absolute atomic E-state index is 0.0483. The summed E-state index contributed by atoms with van der Waals surface area (Å²) < 4.78 is 92.5. The summed E-state index contributed by atoms with van der Waals surface area (Å²) in [6, 6.07) is 7.50. The van der Waals surface area contributed by atoms with Gasteiger partial charge in [0.1, 0.15) is 23.6 Å². The first-order valence-electron chi connectivity index (χ1n) is 13.3. The van der Waals surface area contributed by atoms with E-state index in [1.54, 1.807) is 0 Å². The molecule has 0 saturated heterocycles. The third kappa shape index (κ3) is 7.68. The molecule has 2 aromatic rings. The van der Waals surface area contributed by atoms with Crippen LogP contribution in [-0.2, 0) is 23.8 Å². The fourth-order valence-corrected chi connectivity index (χ4v) is 6.63. The summed E-state index contributed by atoms with van der Waals surface area (Å²) in [5.74, 6) is -2.35. The number of carbonyl (C=O) groups excluding carboxylic acids is 1. The second-order valence-corrected chi connectivity index (χ2v) is 11.9. The number of rotatable bonds is 15. The lowest BCUT2D eigenvalue weighted by atomic mass is 9.73. The quantitative estimate of drug-likeness (QED) is 0.133. The average Bonchev–Trinajstić information content (AvgIpc) is 3.14. The molecule has 0 radical (unpaired) electrons. The standard InChI is InChI=1S/C28H35F5NO4P/c1-3-5-14-37-39(36,38-15-6-4-2)16-8-7-13-27(26(35)34-19-28(31,32)33)24-17-20(29)9-11-22(24)23-12-10-21(30)18-25(23)27/h9-12,17-18H,3-8,13-16,19H2,1-2H3,(H,34,35). The molecular formula is C28H35F5NO4P. The molecule has 0 bridgehead atoms. The van der Waals surface area contributed by atoms with E-state index < -0.39 is 43.3 Å². The van der Waals surface area contributed by atoms with Crippen LogP contribution in [-0.4, -0.2) is 38.0 Å². The molecule has 5 nitrogen and oxygen atoms in total.